The van der Waals surface area contributed by atoms with E-state index in [9.17, 15) is 18.3 Å². The fourth-order valence-electron chi connectivity index (χ4n) is 2.29. The molecular formula is C14H20N2O4S. The average molecular weight is 312 g/mol. The van der Waals surface area contributed by atoms with Gasteiger partial charge < -0.3 is 10.4 Å². The van der Waals surface area contributed by atoms with Crippen molar-refractivity contribution in [2.45, 2.75) is 37.3 Å². The summed E-state index contributed by atoms with van der Waals surface area (Å²) < 4.78 is 26.2. The number of rotatable bonds is 4. The average Bonchev–Trinajstić information content (AvgIpc) is 2.45. The van der Waals surface area contributed by atoms with E-state index in [4.69, 9.17) is 0 Å². The van der Waals surface area contributed by atoms with E-state index in [-0.39, 0.29) is 17.3 Å². The third-order valence-electron chi connectivity index (χ3n) is 3.46. The molecular weight excluding hydrogens is 292 g/mol. The molecule has 2 rings (SSSR count). The number of hydrogen-bond acceptors (Lipinski definition) is 4. The molecule has 1 unspecified atom stereocenters. The summed E-state index contributed by atoms with van der Waals surface area (Å²) in [6.45, 7) is 2.39. The second-order valence-corrected chi connectivity index (χ2v) is 7.15. The van der Waals surface area contributed by atoms with Crippen LogP contribution in [0, 0.1) is 0 Å². The zero-order valence-electron chi connectivity index (χ0n) is 11.9. The van der Waals surface area contributed by atoms with Crippen molar-refractivity contribution < 1.29 is 18.3 Å². The van der Waals surface area contributed by atoms with E-state index in [1.165, 1.54) is 23.4 Å². The van der Waals surface area contributed by atoms with Crippen molar-refractivity contribution in [2.24, 2.45) is 0 Å². The second kappa shape index (κ2) is 6.55. The predicted octanol–water partition coefficient (Wildman–Crippen LogP) is 0.468. The Bertz CT molecular complexity index is 598. The van der Waals surface area contributed by atoms with Crippen LogP contribution >= 0.6 is 0 Å². The molecule has 0 aromatic heterocycles. The van der Waals surface area contributed by atoms with Gasteiger partial charge in [0.25, 0.3) is 0 Å². The number of aliphatic hydroxyl groups is 1. The van der Waals surface area contributed by atoms with Crippen LogP contribution in [0.3, 0.4) is 0 Å². The summed E-state index contributed by atoms with van der Waals surface area (Å²) in [5.74, 6) is -0.131. The van der Waals surface area contributed by atoms with Crippen LogP contribution < -0.4 is 5.32 Å². The highest BCUT2D eigenvalue weighted by Crippen LogP contribution is 2.21. The molecule has 1 fully saturated rings. The number of carbonyl (C=O) groups excluding carboxylic acids is 1. The lowest BCUT2D eigenvalue weighted by molar-refractivity contribution is -0.119. The van der Waals surface area contributed by atoms with Gasteiger partial charge in [-0.3, -0.25) is 4.79 Å². The maximum Gasteiger partial charge on any atom is 0.243 e. The molecule has 6 nitrogen and oxygen atoms in total. The van der Waals surface area contributed by atoms with Crippen LogP contribution in [0.5, 0.6) is 0 Å². The van der Waals surface area contributed by atoms with Crippen molar-refractivity contribution in [3.63, 3.8) is 0 Å². The molecule has 1 atom stereocenters. The Morgan fingerprint density at radius 1 is 1.38 bits per heavy atom. The van der Waals surface area contributed by atoms with Crippen LogP contribution in [-0.4, -0.2) is 42.9 Å². The number of nitrogens with zero attached hydrogens (tertiary/aromatic N) is 1. The molecule has 0 aliphatic carbocycles. The molecule has 0 spiro atoms. The molecule has 0 saturated carbocycles. The number of hydrogen-bond donors (Lipinski definition) is 2. The monoisotopic (exact) mass is 312 g/mol. The van der Waals surface area contributed by atoms with E-state index < -0.39 is 16.1 Å². The van der Waals surface area contributed by atoms with Crippen LogP contribution in [0.2, 0.25) is 0 Å². The molecule has 1 saturated heterocycles. The first-order valence-electron chi connectivity index (χ1n) is 6.91. The van der Waals surface area contributed by atoms with Gasteiger partial charge in [0.2, 0.25) is 15.9 Å². The Morgan fingerprint density at radius 3 is 2.62 bits per heavy atom. The number of piperidine rings is 1. The Kier molecular flexibility index (Phi) is 4.97. The maximum atomic E-state index is 12.5. The normalized spacial score (nSPS) is 20.2. The molecule has 1 aromatic carbocycles. The van der Waals surface area contributed by atoms with Crippen LogP contribution in [-0.2, 0) is 21.4 Å². The summed E-state index contributed by atoms with van der Waals surface area (Å²) in [5.41, 5.74) is 0.836. The van der Waals surface area contributed by atoms with Gasteiger partial charge in [0.1, 0.15) is 0 Å². The lowest BCUT2D eigenvalue weighted by atomic mass is 10.1. The van der Waals surface area contributed by atoms with E-state index in [0.717, 1.165) is 5.56 Å². The molecule has 1 aliphatic rings. The molecule has 1 aliphatic heterocycles. The van der Waals surface area contributed by atoms with Gasteiger partial charge in [-0.25, -0.2) is 8.42 Å². The number of aliphatic hydroxyl groups excluding tert-OH is 1. The Hall–Kier alpha value is -1.44. The molecule has 0 bridgehead atoms. The minimum atomic E-state index is -3.56. The molecule has 2 N–H and O–H groups in total. The predicted molar refractivity (Wildman–Crippen MR) is 78.0 cm³/mol. The molecule has 0 radical (unpaired) electrons. The van der Waals surface area contributed by atoms with E-state index in [2.05, 4.69) is 5.32 Å². The number of sulfonamides is 1. The van der Waals surface area contributed by atoms with Crippen molar-refractivity contribution in [1.82, 2.24) is 9.62 Å². The van der Waals surface area contributed by atoms with Gasteiger partial charge in [0.05, 0.1) is 11.0 Å². The molecule has 7 heteroatoms. The Labute approximate surface area is 124 Å². The summed E-state index contributed by atoms with van der Waals surface area (Å²) >= 11 is 0. The van der Waals surface area contributed by atoms with Gasteiger partial charge in [-0.15, -0.1) is 0 Å². The summed E-state index contributed by atoms with van der Waals surface area (Å²) in [4.78, 5) is 11.1. The third-order valence-corrected chi connectivity index (χ3v) is 5.34. The topological polar surface area (TPSA) is 86.7 Å². The van der Waals surface area contributed by atoms with Crippen molar-refractivity contribution in [3.05, 3.63) is 29.8 Å². The minimum absolute atomic E-state index is 0.131. The van der Waals surface area contributed by atoms with Crippen LogP contribution in [0.4, 0.5) is 0 Å². The maximum absolute atomic E-state index is 12.5. The summed E-state index contributed by atoms with van der Waals surface area (Å²) in [6, 6.07) is 6.44. The number of benzene rings is 1. The smallest absolute Gasteiger partial charge is 0.243 e. The summed E-state index contributed by atoms with van der Waals surface area (Å²) in [7, 11) is -3.56. The largest absolute Gasteiger partial charge is 0.392 e. The Morgan fingerprint density at radius 2 is 2.05 bits per heavy atom. The number of β-amino-alcohol motifs (C(OH)–C–C–N with tert-alkyl or cyclic N) is 1. The summed E-state index contributed by atoms with van der Waals surface area (Å²) in [6.07, 6.45) is 0.718. The van der Waals surface area contributed by atoms with E-state index >= 15 is 0 Å². The zero-order chi connectivity index (χ0) is 15.5. The first-order chi connectivity index (χ1) is 9.89. The van der Waals surface area contributed by atoms with Crippen LogP contribution in [0.1, 0.15) is 25.3 Å². The third kappa shape index (κ3) is 4.03. The highest BCUT2D eigenvalue weighted by molar-refractivity contribution is 7.89. The van der Waals surface area contributed by atoms with E-state index in [1.807, 2.05) is 0 Å². The number of carbonyl (C=O) groups is 1. The highest BCUT2D eigenvalue weighted by atomic mass is 32.2. The van der Waals surface area contributed by atoms with Gasteiger partial charge in [-0.1, -0.05) is 12.1 Å². The van der Waals surface area contributed by atoms with Gasteiger partial charge >= 0.3 is 0 Å². The Balaban J connectivity index is 2.11. The van der Waals surface area contributed by atoms with Gasteiger partial charge in [0, 0.05) is 26.6 Å². The first-order valence-corrected chi connectivity index (χ1v) is 8.35. The van der Waals surface area contributed by atoms with Crippen molar-refractivity contribution in [2.75, 3.05) is 13.1 Å². The van der Waals surface area contributed by atoms with E-state index in [0.29, 0.717) is 25.9 Å². The number of nitrogens with one attached hydrogen (secondary N) is 1. The highest BCUT2D eigenvalue weighted by Gasteiger charge is 2.29. The fourth-order valence-corrected chi connectivity index (χ4v) is 3.81. The second-order valence-electron chi connectivity index (χ2n) is 5.21. The van der Waals surface area contributed by atoms with E-state index in [1.54, 1.807) is 12.1 Å². The van der Waals surface area contributed by atoms with Crippen LogP contribution in [0.15, 0.2) is 29.2 Å². The SMILES string of the molecule is CC(=O)NCc1ccc(S(=O)(=O)N2CCCC(O)C2)cc1. The van der Waals surface area contributed by atoms with Crippen molar-refractivity contribution in [1.29, 1.82) is 0 Å². The standard InChI is InChI=1S/C14H20N2O4S/c1-11(17)15-9-12-4-6-14(7-5-12)21(19,20)16-8-2-3-13(18)10-16/h4-7,13,18H,2-3,8-10H2,1H3,(H,15,17). The fraction of sp³-hybridized carbons (Fsp3) is 0.500. The summed E-state index contributed by atoms with van der Waals surface area (Å²) in [5, 5.41) is 12.3. The number of amides is 1. The molecule has 1 amide bonds. The lowest BCUT2D eigenvalue weighted by Crippen LogP contribution is -2.42. The molecule has 1 heterocycles. The first kappa shape index (κ1) is 15.9. The van der Waals surface area contributed by atoms with Crippen LogP contribution in [0.25, 0.3) is 0 Å². The van der Waals surface area contributed by atoms with Crippen molar-refractivity contribution >= 4 is 15.9 Å². The molecule has 21 heavy (non-hydrogen) atoms. The quantitative estimate of drug-likeness (QED) is 0.846. The van der Waals surface area contributed by atoms with Crippen molar-refractivity contribution in [3.8, 4) is 0 Å². The van der Waals surface area contributed by atoms with Gasteiger partial charge in [-0.2, -0.15) is 4.31 Å². The van der Waals surface area contributed by atoms with Gasteiger partial charge in [0.15, 0.2) is 0 Å². The molecule has 1 aromatic rings. The molecule has 116 valence electrons. The minimum Gasteiger partial charge on any atom is -0.392 e. The lowest BCUT2D eigenvalue weighted by Gasteiger charge is -2.29. The van der Waals surface area contributed by atoms with Gasteiger partial charge in [-0.05, 0) is 30.5 Å². The zero-order valence-corrected chi connectivity index (χ0v) is 12.8.